The zero-order chi connectivity index (χ0) is 19.6. The lowest BCUT2D eigenvalue weighted by molar-refractivity contribution is -0.150. The number of Topliss-reactive ketones (excluding diaryl/α,β-unsaturated/α-hetero) is 1. The van der Waals surface area contributed by atoms with E-state index >= 15 is 0 Å². The summed E-state index contributed by atoms with van der Waals surface area (Å²) in [6.45, 7) is 0. The Hall–Kier alpha value is -1.14. The van der Waals surface area contributed by atoms with Crippen molar-refractivity contribution < 1.29 is 14.7 Å². The third-order valence-electron chi connectivity index (χ3n) is 7.29. The molecule has 5 nitrogen and oxygen atoms in total. The average molecular weight is 411 g/mol. The number of amides is 1. The van der Waals surface area contributed by atoms with Crippen LogP contribution >= 0.6 is 23.2 Å². The second-order valence-corrected chi connectivity index (χ2v) is 9.41. The van der Waals surface area contributed by atoms with Crippen molar-refractivity contribution in [1.82, 2.24) is 4.90 Å². The highest BCUT2D eigenvalue weighted by molar-refractivity contribution is 6.38. The molecule has 1 atom stereocenters. The van der Waals surface area contributed by atoms with Gasteiger partial charge in [-0.25, -0.2) is 0 Å². The standard InChI is InChI=1S/C20H24Cl2N2O3/c1-24(2)19-8-5-18(6-9-19,7-10-19)14(25)11-20(27)15-12(21)3-4-13(22)16(15)23-17(20)26/h3-4,27H,5-11H2,1-2H3,(H,23,26). The molecule has 0 radical (unpaired) electrons. The number of halogens is 2. The van der Waals surface area contributed by atoms with E-state index in [-0.39, 0.29) is 28.3 Å². The molecule has 2 N–H and O–H groups in total. The fourth-order valence-electron chi connectivity index (χ4n) is 5.25. The zero-order valence-electron chi connectivity index (χ0n) is 15.6. The Morgan fingerprint density at radius 2 is 1.67 bits per heavy atom. The molecule has 1 aromatic rings. The molecule has 4 aliphatic rings. The van der Waals surface area contributed by atoms with E-state index in [0.717, 1.165) is 38.5 Å². The van der Waals surface area contributed by atoms with Crippen molar-refractivity contribution in [3.63, 3.8) is 0 Å². The minimum absolute atomic E-state index is 0.0453. The van der Waals surface area contributed by atoms with Crippen LogP contribution in [0.2, 0.25) is 10.0 Å². The molecule has 2 bridgehead atoms. The van der Waals surface area contributed by atoms with Crippen LogP contribution < -0.4 is 5.32 Å². The SMILES string of the molecule is CN(C)C12CCC(C(=O)CC3(O)C(=O)Nc4c(Cl)ccc(Cl)c43)(CC1)CC2. The van der Waals surface area contributed by atoms with Gasteiger partial charge in [-0.2, -0.15) is 0 Å². The van der Waals surface area contributed by atoms with Gasteiger partial charge < -0.3 is 15.3 Å². The number of aliphatic hydroxyl groups is 1. The summed E-state index contributed by atoms with van der Waals surface area (Å²) in [6, 6.07) is 3.11. The summed E-state index contributed by atoms with van der Waals surface area (Å²) in [4.78, 5) is 28.2. The van der Waals surface area contributed by atoms with Crippen molar-refractivity contribution in [1.29, 1.82) is 0 Å². The van der Waals surface area contributed by atoms with E-state index in [1.165, 1.54) is 0 Å². The fourth-order valence-corrected chi connectivity index (χ4v) is 5.77. The first kappa shape index (κ1) is 19.2. The molecule has 0 saturated heterocycles. The van der Waals surface area contributed by atoms with Crippen LogP contribution in [0, 0.1) is 5.41 Å². The van der Waals surface area contributed by atoms with Gasteiger partial charge in [0.2, 0.25) is 0 Å². The molecular formula is C20H24Cl2N2O3. The molecule has 1 heterocycles. The summed E-state index contributed by atoms with van der Waals surface area (Å²) in [7, 11) is 4.21. The Balaban J connectivity index is 1.62. The lowest BCUT2D eigenvalue weighted by atomic mass is 9.54. The number of hydrogen-bond donors (Lipinski definition) is 2. The molecule has 3 fully saturated rings. The summed E-state index contributed by atoms with van der Waals surface area (Å²) >= 11 is 12.4. The first-order valence-corrected chi connectivity index (χ1v) is 10.1. The molecule has 5 rings (SSSR count). The van der Waals surface area contributed by atoms with Gasteiger partial charge in [0.05, 0.1) is 10.7 Å². The molecule has 0 aromatic heterocycles. The molecule has 1 aliphatic heterocycles. The van der Waals surface area contributed by atoms with E-state index in [1.807, 2.05) is 0 Å². The van der Waals surface area contributed by atoms with E-state index in [0.29, 0.717) is 10.7 Å². The normalized spacial score (nSPS) is 34.7. The number of ketones is 1. The molecule has 3 saturated carbocycles. The number of nitrogens with zero attached hydrogens (tertiary/aromatic N) is 1. The van der Waals surface area contributed by atoms with Gasteiger partial charge in [-0.3, -0.25) is 9.59 Å². The second-order valence-electron chi connectivity index (χ2n) is 8.59. The molecule has 1 aromatic carbocycles. The largest absolute Gasteiger partial charge is 0.375 e. The lowest BCUT2D eigenvalue weighted by Gasteiger charge is -2.55. The van der Waals surface area contributed by atoms with Crippen molar-refractivity contribution in [2.24, 2.45) is 5.41 Å². The molecule has 146 valence electrons. The summed E-state index contributed by atoms with van der Waals surface area (Å²) in [6.07, 6.45) is 5.06. The quantitative estimate of drug-likeness (QED) is 0.792. The van der Waals surface area contributed by atoms with Crippen molar-refractivity contribution in [2.75, 3.05) is 19.4 Å². The van der Waals surface area contributed by atoms with E-state index in [4.69, 9.17) is 23.2 Å². The van der Waals surface area contributed by atoms with Gasteiger partial charge in [-0.05, 0) is 64.8 Å². The van der Waals surface area contributed by atoms with Crippen molar-refractivity contribution in [3.8, 4) is 0 Å². The number of carbonyl (C=O) groups excluding carboxylic acids is 2. The molecule has 1 amide bonds. The van der Waals surface area contributed by atoms with Crippen LogP contribution in [0.4, 0.5) is 5.69 Å². The number of rotatable bonds is 4. The summed E-state index contributed by atoms with van der Waals surface area (Å²) in [5.41, 5.74) is -1.69. The highest BCUT2D eigenvalue weighted by Gasteiger charge is 2.56. The molecule has 27 heavy (non-hydrogen) atoms. The number of nitrogens with one attached hydrogen (secondary N) is 1. The first-order chi connectivity index (χ1) is 12.6. The molecule has 1 unspecified atom stereocenters. The maximum atomic E-state index is 13.3. The van der Waals surface area contributed by atoms with Crippen molar-refractivity contribution >= 4 is 40.6 Å². The number of fused-ring (bicyclic) bond motifs is 4. The Kier molecular flexibility index (Phi) is 4.39. The highest BCUT2D eigenvalue weighted by atomic mass is 35.5. The van der Waals surface area contributed by atoms with Gasteiger partial charge in [0.15, 0.2) is 5.60 Å². The van der Waals surface area contributed by atoms with Gasteiger partial charge >= 0.3 is 0 Å². The van der Waals surface area contributed by atoms with Gasteiger partial charge in [0.25, 0.3) is 5.91 Å². The number of anilines is 1. The van der Waals surface area contributed by atoms with Crippen LogP contribution in [0.3, 0.4) is 0 Å². The molecular weight excluding hydrogens is 387 g/mol. The van der Waals surface area contributed by atoms with Crippen LogP contribution in [0.15, 0.2) is 12.1 Å². The summed E-state index contributed by atoms with van der Waals surface area (Å²) in [5, 5.41) is 14.3. The summed E-state index contributed by atoms with van der Waals surface area (Å²) < 4.78 is 0. The Morgan fingerprint density at radius 1 is 1.11 bits per heavy atom. The summed E-state index contributed by atoms with van der Waals surface area (Å²) in [5.74, 6) is -0.678. The minimum atomic E-state index is -1.96. The minimum Gasteiger partial charge on any atom is -0.375 e. The van der Waals surface area contributed by atoms with Crippen LogP contribution in [0.25, 0.3) is 0 Å². The number of hydrogen-bond acceptors (Lipinski definition) is 4. The highest BCUT2D eigenvalue weighted by Crippen LogP contribution is 2.56. The van der Waals surface area contributed by atoms with Gasteiger partial charge in [0.1, 0.15) is 5.78 Å². The Bertz CT molecular complexity index is 814. The van der Waals surface area contributed by atoms with Crippen molar-refractivity contribution in [3.05, 3.63) is 27.7 Å². The smallest absolute Gasteiger partial charge is 0.261 e. The molecule has 3 aliphatic carbocycles. The topological polar surface area (TPSA) is 69.6 Å². The Labute approximate surface area is 169 Å². The average Bonchev–Trinajstić information content (AvgIpc) is 2.92. The number of carbonyl (C=O) groups is 2. The van der Waals surface area contributed by atoms with Crippen molar-refractivity contribution in [2.45, 2.75) is 56.1 Å². The monoisotopic (exact) mass is 410 g/mol. The molecule has 0 spiro atoms. The van der Waals surface area contributed by atoms with E-state index in [1.54, 1.807) is 12.1 Å². The van der Waals surface area contributed by atoms with E-state index < -0.39 is 16.9 Å². The maximum Gasteiger partial charge on any atom is 0.261 e. The second kappa shape index (κ2) is 6.18. The Morgan fingerprint density at radius 3 is 2.22 bits per heavy atom. The van der Waals surface area contributed by atoms with Gasteiger partial charge in [-0.1, -0.05) is 23.2 Å². The zero-order valence-corrected chi connectivity index (χ0v) is 17.1. The van der Waals surface area contributed by atoms with Crippen LogP contribution in [-0.2, 0) is 15.2 Å². The maximum absolute atomic E-state index is 13.3. The predicted octanol–water partition coefficient (Wildman–Crippen LogP) is 3.75. The van der Waals surface area contributed by atoms with Gasteiger partial charge in [0, 0.05) is 28.0 Å². The van der Waals surface area contributed by atoms with E-state index in [2.05, 4.69) is 24.3 Å². The predicted molar refractivity (Wildman–Crippen MR) is 105 cm³/mol. The van der Waals surface area contributed by atoms with E-state index in [9.17, 15) is 14.7 Å². The lowest BCUT2D eigenvalue weighted by Crippen LogP contribution is -2.56. The van der Waals surface area contributed by atoms with Gasteiger partial charge in [-0.15, -0.1) is 0 Å². The van der Waals surface area contributed by atoms with Crippen LogP contribution in [0.1, 0.15) is 50.5 Å². The third kappa shape index (κ3) is 2.66. The molecule has 7 heteroatoms. The van der Waals surface area contributed by atoms with Crippen LogP contribution in [-0.4, -0.2) is 41.3 Å². The fraction of sp³-hybridized carbons (Fsp3) is 0.600. The van der Waals surface area contributed by atoms with Crippen LogP contribution in [0.5, 0.6) is 0 Å². The first-order valence-electron chi connectivity index (χ1n) is 9.37. The third-order valence-corrected chi connectivity index (χ3v) is 7.92. The number of benzene rings is 1.